The minimum atomic E-state index is -4.29. The molecule has 1 aromatic rings. The molecule has 0 radical (unpaired) electrons. The van der Waals surface area contributed by atoms with Crippen molar-refractivity contribution in [2.45, 2.75) is 45.1 Å². The highest BCUT2D eigenvalue weighted by Gasteiger charge is 2.27. The van der Waals surface area contributed by atoms with Gasteiger partial charge in [0.25, 0.3) is 0 Å². The van der Waals surface area contributed by atoms with Crippen LogP contribution in [0.2, 0.25) is 0 Å². The molecule has 1 aliphatic rings. The normalized spacial score (nSPS) is 14.9. The molecule has 0 aromatic heterocycles. The summed E-state index contributed by atoms with van der Waals surface area (Å²) in [6.45, 7) is 1.96. The van der Waals surface area contributed by atoms with E-state index < -0.39 is 12.8 Å². The molecule has 0 spiro atoms. The van der Waals surface area contributed by atoms with Crippen LogP contribution in [0, 0.1) is 0 Å². The quantitative estimate of drug-likeness (QED) is 0.374. The van der Waals surface area contributed by atoms with Gasteiger partial charge in [-0.1, -0.05) is 24.3 Å². The van der Waals surface area contributed by atoms with Gasteiger partial charge in [0.1, 0.15) is 6.61 Å². The molecule has 2 rings (SSSR count). The molecule has 0 aliphatic heterocycles. The summed E-state index contributed by atoms with van der Waals surface area (Å²) >= 11 is 0. The second-order valence-corrected chi connectivity index (χ2v) is 5.54. The van der Waals surface area contributed by atoms with Crippen molar-refractivity contribution in [1.82, 2.24) is 10.6 Å². The monoisotopic (exact) mass is 457 g/mol. The number of ether oxygens (including phenoxy) is 1. The van der Waals surface area contributed by atoms with Crippen LogP contribution < -0.4 is 10.6 Å². The lowest BCUT2D eigenvalue weighted by Crippen LogP contribution is -2.38. The highest BCUT2D eigenvalue weighted by atomic mass is 127. The van der Waals surface area contributed by atoms with Crippen LogP contribution in [0.15, 0.2) is 29.3 Å². The minimum absolute atomic E-state index is 0. The largest absolute Gasteiger partial charge is 0.411 e. The number of rotatable bonds is 7. The number of nitrogens with one attached hydrogen (secondary N) is 2. The molecule has 1 fully saturated rings. The molecule has 1 aliphatic carbocycles. The lowest BCUT2D eigenvalue weighted by atomic mass is 10.1. The Morgan fingerprint density at radius 1 is 1.29 bits per heavy atom. The van der Waals surface area contributed by atoms with Gasteiger partial charge in [0.05, 0.1) is 13.2 Å². The Morgan fingerprint density at radius 2 is 2.00 bits per heavy atom. The fraction of sp³-hybridized carbons (Fsp3) is 0.562. The van der Waals surface area contributed by atoms with Crippen LogP contribution in [-0.2, 0) is 17.9 Å². The third kappa shape index (κ3) is 8.72. The van der Waals surface area contributed by atoms with Crippen molar-refractivity contribution < 1.29 is 17.9 Å². The van der Waals surface area contributed by atoms with Gasteiger partial charge in [-0.25, -0.2) is 4.99 Å². The molecular weight excluding hydrogens is 434 g/mol. The summed E-state index contributed by atoms with van der Waals surface area (Å²) in [7, 11) is 0. The molecule has 0 saturated heterocycles. The first-order valence-corrected chi connectivity index (χ1v) is 7.73. The predicted octanol–water partition coefficient (Wildman–Crippen LogP) is 3.60. The second kappa shape index (κ2) is 10.1. The molecular formula is C16H23F3IN3O. The van der Waals surface area contributed by atoms with Gasteiger partial charge < -0.3 is 15.4 Å². The molecule has 8 heteroatoms. The first kappa shape index (κ1) is 21.0. The third-order valence-electron chi connectivity index (χ3n) is 3.21. The fourth-order valence-electron chi connectivity index (χ4n) is 2.01. The smallest absolute Gasteiger partial charge is 0.367 e. The Kier molecular flexibility index (Phi) is 8.82. The molecule has 1 aromatic carbocycles. The number of alkyl halides is 3. The molecule has 0 bridgehead atoms. The number of aliphatic imine (C=N–C) groups is 1. The van der Waals surface area contributed by atoms with Gasteiger partial charge in [-0.3, -0.25) is 0 Å². The van der Waals surface area contributed by atoms with Gasteiger partial charge in [0, 0.05) is 12.6 Å². The Morgan fingerprint density at radius 3 is 2.62 bits per heavy atom. The van der Waals surface area contributed by atoms with E-state index in [4.69, 9.17) is 0 Å². The lowest BCUT2D eigenvalue weighted by Gasteiger charge is -2.11. The van der Waals surface area contributed by atoms with Gasteiger partial charge in [-0.2, -0.15) is 13.2 Å². The zero-order chi connectivity index (χ0) is 16.7. The van der Waals surface area contributed by atoms with Crippen molar-refractivity contribution in [3.63, 3.8) is 0 Å². The van der Waals surface area contributed by atoms with E-state index in [0.717, 1.165) is 30.9 Å². The summed E-state index contributed by atoms with van der Waals surface area (Å²) < 4.78 is 40.9. The van der Waals surface area contributed by atoms with E-state index in [1.807, 2.05) is 19.1 Å². The number of guanidine groups is 1. The van der Waals surface area contributed by atoms with Crippen LogP contribution in [0.3, 0.4) is 0 Å². The molecule has 2 N–H and O–H groups in total. The molecule has 0 unspecified atom stereocenters. The van der Waals surface area contributed by atoms with Gasteiger partial charge in [-0.05, 0) is 30.9 Å². The van der Waals surface area contributed by atoms with E-state index in [9.17, 15) is 13.2 Å². The SMILES string of the molecule is CCNC(=NCc1cccc(COCC(F)(F)F)c1)NC1CC1.I. The van der Waals surface area contributed by atoms with Gasteiger partial charge in [-0.15, -0.1) is 24.0 Å². The summed E-state index contributed by atoms with van der Waals surface area (Å²) in [6.07, 6.45) is -1.97. The van der Waals surface area contributed by atoms with Crippen molar-refractivity contribution in [1.29, 1.82) is 0 Å². The summed E-state index contributed by atoms with van der Waals surface area (Å²) in [4.78, 5) is 4.50. The maximum absolute atomic E-state index is 12.1. The highest BCUT2D eigenvalue weighted by Crippen LogP contribution is 2.18. The topological polar surface area (TPSA) is 45.7 Å². The first-order chi connectivity index (χ1) is 11.0. The maximum Gasteiger partial charge on any atom is 0.411 e. The molecule has 0 atom stereocenters. The van der Waals surface area contributed by atoms with Crippen molar-refractivity contribution in [3.8, 4) is 0 Å². The maximum atomic E-state index is 12.1. The number of nitrogens with zero attached hydrogens (tertiary/aromatic N) is 1. The molecule has 0 heterocycles. The van der Waals surface area contributed by atoms with Crippen LogP contribution in [0.25, 0.3) is 0 Å². The Bertz CT molecular complexity index is 534. The van der Waals surface area contributed by atoms with Crippen LogP contribution in [-0.4, -0.2) is 31.3 Å². The van der Waals surface area contributed by atoms with Gasteiger partial charge in [0.15, 0.2) is 5.96 Å². The summed E-state index contributed by atoms with van der Waals surface area (Å²) in [5.41, 5.74) is 1.65. The van der Waals surface area contributed by atoms with Crippen LogP contribution in [0.4, 0.5) is 13.2 Å². The number of benzene rings is 1. The van der Waals surface area contributed by atoms with Crippen LogP contribution >= 0.6 is 24.0 Å². The zero-order valence-electron chi connectivity index (χ0n) is 13.5. The van der Waals surface area contributed by atoms with Crippen LogP contribution in [0.1, 0.15) is 30.9 Å². The summed E-state index contributed by atoms with van der Waals surface area (Å²) in [5, 5.41) is 6.50. The summed E-state index contributed by atoms with van der Waals surface area (Å²) in [6, 6.07) is 7.78. The fourth-order valence-corrected chi connectivity index (χ4v) is 2.01. The molecule has 4 nitrogen and oxygen atoms in total. The Balaban J connectivity index is 0.00000288. The van der Waals surface area contributed by atoms with Gasteiger partial charge in [0.2, 0.25) is 0 Å². The first-order valence-electron chi connectivity index (χ1n) is 7.73. The van der Waals surface area contributed by atoms with E-state index >= 15 is 0 Å². The minimum Gasteiger partial charge on any atom is -0.367 e. The number of halogens is 4. The van der Waals surface area contributed by atoms with E-state index in [-0.39, 0.29) is 30.6 Å². The third-order valence-corrected chi connectivity index (χ3v) is 3.21. The lowest BCUT2D eigenvalue weighted by molar-refractivity contribution is -0.176. The average molecular weight is 457 g/mol. The van der Waals surface area contributed by atoms with Gasteiger partial charge >= 0.3 is 6.18 Å². The number of hydrogen-bond donors (Lipinski definition) is 2. The summed E-state index contributed by atoms with van der Waals surface area (Å²) in [5.74, 6) is 0.772. The Labute approximate surface area is 157 Å². The van der Waals surface area contributed by atoms with E-state index in [0.29, 0.717) is 18.2 Å². The molecule has 136 valence electrons. The molecule has 1 saturated carbocycles. The molecule has 24 heavy (non-hydrogen) atoms. The van der Waals surface area contributed by atoms with Crippen molar-refractivity contribution >= 4 is 29.9 Å². The van der Waals surface area contributed by atoms with Crippen molar-refractivity contribution in [2.75, 3.05) is 13.2 Å². The van der Waals surface area contributed by atoms with Crippen molar-refractivity contribution in [2.24, 2.45) is 4.99 Å². The van der Waals surface area contributed by atoms with E-state index in [2.05, 4.69) is 20.4 Å². The van der Waals surface area contributed by atoms with E-state index in [1.54, 1.807) is 12.1 Å². The number of hydrogen-bond acceptors (Lipinski definition) is 2. The predicted molar refractivity (Wildman–Crippen MR) is 98.5 cm³/mol. The standard InChI is InChI=1S/C16H22F3N3O.HI/c1-2-20-15(22-14-6-7-14)21-9-12-4-3-5-13(8-12)10-23-11-16(17,18)19;/h3-5,8,14H,2,6-7,9-11H2,1H3,(H2,20,21,22);1H. The van der Waals surface area contributed by atoms with Crippen molar-refractivity contribution in [3.05, 3.63) is 35.4 Å². The Hall–Kier alpha value is -1.03. The average Bonchev–Trinajstić information content (AvgIpc) is 3.28. The molecule has 0 amide bonds. The zero-order valence-corrected chi connectivity index (χ0v) is 15.9. The second-order valence-electron chi connectivity index (χ2n) is 5.54. The highest BCUT2D eigenvalue weighted by molar-refractivity contribution is 14.0. The van der Waals surface area contributed by atoms with Crippen LogP contribution in [0.5, 0.6) is 0 Å². The van der Waals surface area contributed by atoms with E-state index in [1.165, 1.54) is 0 Å².